The lowest BCUT2D eigenvalue weighted by Gasteiger charge is -2.09. The summed E-state index contributed by atoms with van der Waals surface area (Å²) in [6.45, 7) is 6.29. The summed E-state index contributed by atoms with van der Waals surface area (Å²) in [7, 11) is 0. The predicted molar refractivity (Wildman–Crippen MR) is 87.8 cm³/mol. The molecule has 0 bridgehead atoms. The van der Waals surface area contributed by atoms with Gasteiger partial charge in [-0.3, -0.25) is 0 Å². The number of hydrogen-bond acceptors (Lipinski definition) is 4. The predicted octanol–water partition coefficient (Wildman–Crippen LogP) is 2.86. The first kappa shape index (κ1) is 16.5. The minimum Gasteiger partial charge on any atom is -0.493 e. The SMILES string of the molecule is CCCc1c(CN)nnn1CCCCOc1ccccc1C. The van der Waals surface area contributed by atoms with Crippen LogP contribution in [-0.4, -0.2) is 21.6 Å². The molecule has 0 atom stereocenters. The smallest absolute Gasteiger partial charge is 0.122 e. The second-order valence-electron chi connectivity index (χ2n) is 5.48. The van der Waals surface area contributed by atoms with Gasteiger partial charge in [0.15, 0.2) is 0 Å². The molecular weight excluding hydrogens is 276 g/mol. The van der Waals surface area contributed by atoms with Crippen LogP contribution in [0.5, 0.6) is 5.75 Å². The fraction of sp³-hybridized carbons (Fsp3) is 0.529. The minimum atomic E-state index is 0.464. The standard InChI is InChI=1S/C17H26N4O/c1-3-8-16-15(13-18)19-20-21(16)11-6-7-12-22-17-10-5-4-9-14(17)2/h4-5,9-10H,3,6-8,11-13,18H2,1-2H3. The van der Waals surface area contributed by atoms with E-state index in [4.69, 9.17) is 10.5 Å². The average molecular weight is 302 g/mol. The van der Waals surface area contributed by atoms with Crippen LogP contribution in [0.3, 0.4) is 0 Å². The number of para-hydroxylation sites is 1. The third kappa shape index (κ3) is 4.31. The summed E-state index contributed by atoms with van der Waals surface area (Å²) >= 11 is 0. The van der Waals surface area contributed by atoms with E-state index in [9.17, 15) is 0 Å². The maximum atomic E-state index is 5.81. The van der Waals surface area contributed by atoms with Crippen molar-refractivity contribution >= 4 is 0 Å². The lowest BCUT2D eigenvalue weighted by Crippen LogP contribution is -2.09. The van der Waals surface area contributed by atoms with Crippen molar-refractivity contribution in [2.45, 2.75) is 52.6 Å². The van der Waals surface area contributed by atoms with Crippen molar-refractivity contribution in [1.82, 2.24) is 15.0 Å². The van der Waals surface area contributed by atoms with Crippen molar-refractivity contribution in [1.29, 1.82) is 0 Å². The van der Waals surface area contributed by atoms with E-state index in [1.165, 1.54) is 11.3 Å². The molecule has 2 rings (SSSR count). The van der Waals surface area contributed by atoms with Gasteiger partial charge in [0.2, 0.25) is 0 Å². The summed E-state index contributed by atoms with van der Waals surface area (Å²) in [4.78, 5) is 0. The van der Waals surface area contributed by atoms with Gasteiger partial charge in [-0.15, -0.1) is 5.10 Å². The largest absolute Gasteiger partial charge is 0.493 e. The van der Waals surface area contributed by atoms with Crippen LogP contribution in [0.15, 0.2) is 24.3 Å². The number of nitrogens with zero attached hydrogens (tertiary/aromatic N) is 3. The fourth-order valence-electron chi connectivity index (χ4n) is 2.48. The van der Waals surface area contributed by atoms with Gasteiger partial charge in [-0.05, 0) is 37.8 Å². The first-order chi connectivity index (χ1) is 10.8. The van der Waals surface area contributed by atoms with Crippen molar-refractivity contribution in [3.63, 3.8) is 0 Å². The molecule has 0 aliphatic carbocycles. The van der Waals surface area contributed by atoms with Gasteiger partial charge >= 0.3 is 0 Å². The molecule has 1 heterocycles. The monoisotopic (exact) mass is 302 g/mol. The van der Waals surface area contributed by atoms with E-state index in [1.807, 2.05) is 22.9 Å². The Morgan fingerprint density at radius 2 is 2.05 bits per heavy atom. The van der Waals surface area contributed by atoms with Crippen molar-refractivity contribution in [3.8, 4) is 5.75 Å². The van der Waals surface area contributed by atoms with Crippen LogP contribution >= 0.6 is 0 Å². The number of aromatic nitrogens is 3. The van der Waals surface area contributed by atoms with E-state index >= 15 is 0 Å². The minimum absolute atomic E-state index is 0.464. The Morgan fingerprint density at radius 1 is 1.23 bits per heavy atom. The Morgan fingerprint density at radius 3 is 2.77 bits per heavy atom. The lowest BCUT2D eigenvalue weighted by atomic mass is 10.2. The van der Waals surface area contributed by atoms with Gasteiger partial charge in [-0.1, -0.05) is 36.8 Å². The maximum absolute atomic E-state index is 5.81. The first-order valence-corrected chi connectivity index (χ1v) is 8.06. The van der Waals surface area contributed by atoms with Gasteiger partial charge in [0, 0.05) is 13.1 Å². The van der Waals surface area contributed by atoms with Crippen molar-refractivity contribution in [2.24, 2.45) is 5.73 Å². The molecule has 1 aromatic heterocycles. The van der Waals surface area contributed by atoms with Crippen molar-refractivity contribution in [2.75, 3.05) is 6.61 Å². The highest BCUT2D eigenvalue weighted by atomic mass is 16.5. The van der Waals surface area contributed by atoms with Gasteiger partial charge in [0.05, 0.1) is 18.0 Å². The molecule has 2 N–H and O–H groups in total. The molecule has 0 saturated heterocycles. The maximum Gasteiger partial charge on any atom is 0.122 e. The molecule has 0 radical (unpaired) electrons. The molecule has 5 heteroatoms. The lowest BCUT2D eigenvalue weighted by molar-refractivity contribution is 0.299. The Labute approximate surface area is 132 Å². The summed E-state index contributed by atoms with van der Waals surface area (Å²) in [6, 6.07) is 8.11. The number of ether oxygens (including phenoxy) is 1. The van der Waals surface area contributed by atoms with Crippen LogP contribution in [0.4, 0.5) is 0 Å². The Bertz CT molecular complexity index is 580. The highest BCUT2D eigenvalue weighted by molar-refractivity contribution is 5.31. The first-order valence-electron chi connectivity index (χ1n) is 8.06. The Balaban J connectivity index is 1.77. The molecule has 1 aromatic carbocycles. The summed E-state index contributed by atoms with van der Waals surface area (Å²) < 4.78 is 7.81. The van der Waals surface area contributed by atoms with E-state index < -0.39 is 0 Å². The summed E-state index contributed by atoms with van der Waals surface area (Å²) in [5, 5.41) is 8.39. The number of hydrogen-bond donors (Lipinski definition) is 1. The molecule has 120 valence electrons. The van der Waals surface area contributed by atoms with Gasteiger partial charge in [0.1, 0.15) is 5.75 Å². The molecule has 0 amide bonds. The fourth-order valence-corrected chi connectivity index (χ4v) is 2.48. The van der Waals surface area contributed by atoms with E-state index in [0.717, 1.165) is 50.3 Å². The zero-order valence-electron chi connectivity index (χ0n) is 13.6. The van der Waals surface area contributed by atoms with Crippen LogP contribution in [0.2, 0.25) is 0 Å². The topological polar surface area (TPSA) is 66.0 Å². The van der Waals surface area contributed by atoms with Crippen LogP contribution in [0.25, 0.3) is 0 Å². The van der Waals surface area contributed by atoms with Crippen molar-refractivity contribution in [3.05, 3.63) is 41.2 Å². The van der Waals surface area contributed by atoms with E-state index in [0.29, 0.717) is 6.54 Å². The highest BCUT2D eigenvalue weighted by Gasteiger charge is 2.10. The molecule has 0 fully saturated rings. The molecule has 22 heavy (non-hydrogen) atoms. The quantitative estimate of drug-likeness (QED) is 0.723. The molecular formula is C17H26N4O. The number of nitrogens with two attached hydrogens (primary N) is 1. The molecule has 0 spiro atoms. The zero-order valence-corrected chi connectivity index (χ0v) is 13.6. The molecule has 0 saturated carbocycles. The van der Waals surface area contributed by atoms with E-state index in [2.05, 4.69) is 30.2 Å². The van der Waals surface area contributed by atoms with Gasteiger partial charge in [0.25, 0.3) is 0 Å². The number of benzene rings is 1. The Kier molecular flexibility index (Phi) is 6.40. The van der Waals surface area contributed by atoms with Gasteiger partial charge < -0.3 is 10.5 Å². The zero-order chi connectivity index (χ0) is 15.8. The third-order valence-electron chi connectivity index (χ3n) is 3.71. The Hall–Kier alpha value is -1.88. The van der Waals surface area contributed by atoms with Crippen LogP contribution in [-0.2, 0) is 19.5 Å². The van der Waals surface area contributed by atoms with Crippen LogP contribution < -0.4 is 10.5 Å². The van der Waals surface area contributed by atoms with Crippen LogP contribution in [0, 0.1) is 6.92 Å². The van der Waals surface area contributed by atoms with Gasteiger partial charge in [-0.25, -0.2) is 4.68 Å². The second kappa shape index (κ2) is 8.54. The second-order valence-corrected chi connectivity index (χ2v) is 5.48. The summed E-state index contributed by atoms with van der Waals surface area (Å²) in [5.41, 5.74) is 9.00. The third-order valence-corrected chi connectivity index (χ3v) is 3.71. The number of aryl methyl sites for hydroxylation is 2. The van der Waals surface area contributed by atoms with Crippen LogP contribution in [0.1, 0.15) is 43.1 Å². The molecule has 5 nitrogen and oxygen atoms in total. The van der Waals surface area contributed by atoms with Gasteiger partial charge in [-0.2, -0.15) is 0 Å². The van der Waals surface area contributed by atoms with E-state index in [1.54, 1.807) is 0 Å². The molecule has 0 unspecified atom stereocenters. The summed E-state index contributed by atoms with van der Waals surface area (Å²) in [6.07, 6.45) is 4.09. The number of unbranched alkanes of at least 4 members (excludes halogenated alkanes) is 1. The number of rotatable bonds is 9. The highest BCUT2D eigenvalue weighted by Crippen LogP contribution is 2.16. The molecule has 0 aliphatic rings. The molecule has 0 aliphatic heterocycles. The van der Waals surface area contributed by atoms with Crippen molar-refractivity contribution < 1.29 is 4.74 Å². The molecule has 2 aromatic rings. The summed E-state index contributed by atoms with van der Waals surface area (Å²) in [5.74, 6) is 0.973. The normalized spacial score (nSPS) is 10.9. The average Bonchev–Trinajstić information content (AvgIpc) is 2.91. The van der Waals surface area contributed by atoms with E-state index in [-0.39, 0.29) is 0 Å².